The molecular formula is C12H18O9. The highest BCUT2D eigenvalue weighted by Crippen LogP contribution is 1.89. The van der Waals surface area contributed by atoms with Crippen LogP contribution in [0.4, 0.5) is 0 Å². The van der Waals surface area contributed by atoms with Gasteiger partial charge in [-0.3, -0.25) is 0 Å². The molecule has 0 saturated carbocycles. The van der Waals surface area contributed by atoms with Gasteiger partial charge in [0.2, 0.25) is 0 Å². The molecule has 0 N–H and O–H groups in total. The Morgan fingerprint density at radius 2 is 0.762 bits per heavy atom. The van der Waals surface area contributed by atoms with Crippen molar-refractivity contribution in [1.29, 1.82) is 0 Å². The maximum absolute atomic E-state index is 11.2. The van der Waals surface area contributed by atoms with Crippen LogP contribution in [-0.4, -0.2) is 77.4 Å². The monoisotopic (exact) mass is 306 g/mol. The summed E-state index contributed by atoms with van der Waals surface area (Å²) in [7, 11) is 0. The van der Waals surface area contributed by atoms with Crippen molar-refractivity contribution >= 4 is 17.9 Å². The molecule has 0 bridgehead atoms. The molecule has 21 heavy (non-hydrogen) atoms. The van der Waals surface area contributed by atoms with Gasteiger partial charge in [0, 0.05) is 0 Å². The van der Waals surface area contributed by atoms with Crippen LogP contribution in [-0.2, 0) is 42.8 Å². The largest absolute Gasteiger partial charge is 0.462 e. The Morgan fingerprint density at radius 3 is 1.05 bits per heavy atom. The van der Waals surface area contributed by atoms with Crippen LogP contribution in [0.1, 0.15) is 0 Å². The van der Waals surface area contributed by atoms with E-state index in [-0.39, 0.29) is 59.5 Å². The van der Waals surface area contributed by atoms with Crippen molar-refractivity contribution in [3.8, 4) is 0 Å². The number of hydrogen-bond acceptors (Lipinski definition) is 9. The predicted octanol–water partition coefficient (Wildman–Crippen LogP) is -1.32. The molecule has 120 valence electrons. The smallest absolute Gasteiger partial charge is 0.332 e. The van der Waals surface area contributed by atoms with Gasteiger partial charge in [-0.15, -0.1) is 0 Å². The van der Waals surface area contributed by atoms with Gasteiger partial charge < -0.3 is 28.4 Å². The van der Waals surface area contributed by atoms with Gasteiger partial charge in [-0.2, -0.15) is 0 Å². The van der Waals surface area contributed by atoms with Crippen LogP contribution >= 0.6 is 0 Å². The highest BCUT2D eigenvalue weighted by molar-refractivity contribution is 5.71. The SMILES string of the molecule is O=C1COCCOC(=O)COCCOC(=O)COCCO1. The summed E-state index contributed by atoms with van der Waals surface area (Å²) in [4.78, 5) is 33.5. The van der Waals surface area contributed by atoms with Crippen molar-refractivity contribution in [1.82, 2.24) is 0 Å². The van der Waals surface area contributed by atoms with Crippen molar-refractivity contribution in [3.05, 3.63) is 0 Å². The van der Waals surface area contributed by atoms with Crippen LogP contribution in [0.2, 0.25) is 0 Å². The Hall–Kier alpha value is -1.71. The number of hydrogen-bond donors (Lipinski definition) is 0. The average molecular weight is 306 g/mol. The first-order valence-electron chi connectivity index (χ1n) is 6.38. The van der Waals surface area contributed by atoms with E-state index in [9.17, 15) is 14.4 Å². The van der Waals surface area contributed by atoms with E-state index >= 15 is 0 Å². The van der Waals surface area contributed by atoms with Gasteiger partial charge in [0.05, 0.1) is 19.8 Å². The molecule has 0 radical (unpaired) electrons. The third-order valence-electron chi connectivity index (χ3n) is 2.13. The topological polar surface area (TPSA) is 107 Å². The Bertz CT molecular complexity index is 265. The Labute approximate surface area is 121 Å². The minimum absolute atomic E-state index is 0.00751. The van der Waals surface area contributed by atoms with E-state index in [1.165, 1.54) is 0 Å². The molecule has 9 nitrogen and oxygen atoms in total. The number of rotatable bonds is 0. The summed E-state index contributed by atoms with van der Waals surface area (Å²) < 4.78 is 29.2. The molecule has 9 heteroatoms. The normalized spacial score (nSPS) is 21.4. The number of carbonyl (C=O) groups excluding carboxylic acids is 3. The fourth-order valence-corrected chi connectivity index (χ4v) is 1.23. The van der Waals surface area contributed by atoms with Crippen molar-refractivity contribution in [2.24, 2.45) is 0 Å². The molecule has 1 aliphatic rings. The van der Waals surface area contributed by atoms with Crippen molar-refractivity contribution < 1.29 is 42.8 Å². The lowest BCUT2D eigenvalue weighted by molar-refractivity contribution is -0.157. The highest BCUT2D eigenvalue weighted by Gasteiger charge is 2.08. The van der Waals surface area contributed by atoms with E-state index in [0.29, 0.717) is 0 Å². The van der Waals surface area contributed by atoms with E-state index in [0.717, 1.165) is 0 Å². The zero-order valence-corrected chi connectivity index (χ0v) is 11.5. The zero-order valence-electron chi connectivity index (χ0n) is 11.5. The van der Waals surface area contributed by atoms with Crippen molar-refractivity contribution in [3.63, 3.8) is 0 Å². The molecule has 1 fully saturated rings. The molecule has 0 aliphatic carbocycles. The molecule has 1 rings (SSSR count). The van der Waals surface area contributed by atoms with Crippen LogP contribution in [0.5, 0.6) is 0 Å². The fourth-order valence-electron chi connectivity index (χ4n) is 1.23. The Balaban J connectivity index is 2.29. The van der Waals surface area contributed by atoms with Gasteiger partial charge >= 0.3 is 17.9 Å². The minimum Gasteiger partial charge on any atom is -0.462 e. The number of carbonyl (C=O) groups is 3. The van der Waals surface area contributed by atoms with Gasteiger partial charge in [0.1, 0.15) is 39.6 Å². The third-order valence-corrected chi connectivity index (χ3v) is 2.13. The molecule has 0 unspecified atom stereocenters. The summed E-state index contributed by atoms with van der Waals surface area (Å²) in [6.45, 7) is -0.504. The van der Waals surface area contributed by atoms with Gasteiger partial charge in [0.15, 0.2) is 0 Å². The Kier molecular flexibility index (Phi) is 9.09. The molecule has 1 heterocycles. The van der Waals surface area contributed by atoms with Gasteiger partial charge in [-0.1, -0.05) is 0 Å². The summed E-state index contributed by atoms with van der Waals surface area (Å²) in [5.41, 5.74) is 0. The quantitative estimate of drug-likeness (QED) is 0.398. The van der Waals surface area contributed by atoms with Crippen molar-refractivity contribution in [2.75, 3.05) is 59.5 Å². The van der Waals surface area contributed by atoms with Crippen LogP contribution in [0.3, 0.4) is 0 Å². The standard InChI is InChI=1S/C12H18O9/c13-10-7-16-1-4-19-11(14)8-17-3-6-21-12(15)9-18-2-5-20-10/h1-9H2. The first-order valence-corrected chi connectivity index (χ1v) is 6.38. The van der Waals surface area contributed by atoms with Crippen LogP contribution < -0.4 is 0 Å². The van der Waals surface area contributed by atoms with Gasteiger partial charge in [-0.05, 0) is 0 Å². The number of ether oxygens (including phenoxy) is 6. The lowest BCUT2D eigenvalue weighted by Gasteiger charge is -2.09. The fraction of sp³-hybridized carbons (Fsp3) is 0.750. The second kappa shape index (κ2) is 11.0. The first kappa shape index (κ1) is 17.3. The van der Waals surface area contributed by atoms with Gasteiger partial charge in [-0.25, -0.2) is 14.4 Å². The summed E-state index contributed by atoms with van der Waals surface area (Å²) in [5.74, 6) is -1.72. The van der Waals surface area contributed by atoms with Gasteiger partial charge in [0.25, 0.3) is 0 Å². The predicted molar refractivity (Wildman–Crippen MR) is 65.3 cm³/mol. The summed E-state index contributed by atoms with van der Waals surface area (Å²) >= 11 is 0. The molecule has 0 atom stereocenters. The average Bonchev–Trinajstić information content (AvgIpc) is 2.45. The van der Waals surface area contributed by atoms with Crippen LogP contribution in [0.15, 0.2) is 0 Å². The minimum atomic E-state index is -0.572. The molecule has 0 spiro atoms. The highest BCUT2D eigenvalue weighted by atomic mass is 16.6. The molecule has 0 amide bonds. The Morgan fingerprint density at radius 1 is 0.476 bits per heavy atom. The van der Waals surface area contributed by atoms with E-state index in [4.69, 9.17) is 28.4 Å². The van der Waals surface area contributed by atoms with E-state index in [2.05, 4.69) is 0 Å². The van der Waals surface area contributed by atoms with Crippen molar-refractivity contribution in [2.45, 2.75) is 0 Å². The third kappa shape index (κ3) is 9.77. The number of cyclic esters (lactones) is 3. The second-order valence-electron chi connectivity index (χ2n) is 3.82. The van der Waals surface area contributed by atoms with E-state index in [1.54, 1.807) is 0 Å². The van der Waals surface area contributed by atoms with Crippen LogP contribution in [0, 0.1) is 0 Å². The maximum Gasteiger partial charge on any atom is 0.332 e. The molecular weight excluding hydrogens is 288 g/mol. The summed E-state index contributed by atoms with van der Waals surface area (Å²) in [5, 5.41) is 0. The first-order chi connectivity index (χ1) is 10.2. The second-order valence-corrected chi connectivity index (χ2v) is 3.82. The molecule has 0 aromatic rings. The molecule has 1 saturated heterocycles. The van der Waals surface area contributed by atoms with E-state index < -0.39 is 17.9 Å². The summed E-state index contributed by atoms with van der Waals surface area (Å²) in [6, 6.07) is 0. The van der Waals surface area contributed by atoms with E-state index in [1.807, 2.05) is 0 Å². The molecule has 1 aliphatic heterocycles. The molecule has 0 aromatic carbocycles. The lowest BCUT2D eigenvalue weighted by Crippen LogP contribution is -2.22. The van der Waals surface area contributed by atoms with Crippen LogP contribution in [0.25, 0.3) is 0 Å². The molecule has 0 aromatic heterocycles. The summed E-state index contributed by atoms with van der Waals surface area (Å²) in [6.07, 6.45) is 0. The zero-order chi connectivity index (χ0) is 15.3. The maximum atomic E-state index is 11.2. The lowest BCUT2D eigenvalue weighted by atomic mass is 10.6. The number of esters is 3.